The number of carboxylic acids is 1. The van der Waals surface area contributed by atoms with E-state index in [1.807, 2.05) is 30.3 Å². The van der Waals surface area contributed by atoms with Crippen LogP contribution in [0.25, 0.3) is 10.8 Å². The second-order valence-corrected chi connectivity index (χ2v) is 2.87. The van der Waals surface area contributed by atoms with Gasteiger partial charge < -0.3 is 5.11 Å². The number of carboxylic acid groups (broad SMARTS) is 1. The predicted octanol–water partition coefficient (Wildman–Crippen LogP) is 2.54. The topological polar surface area (TPSA) is 37.3 Å². The standard InChI is InChI=1S/C11H8O2.Zr/c12-11(13)10-6-5-8-3-1-2-4-9(8)7-10;/h1-7H,(H,12,13);. The Morgan fingerprint density at radius 3 is 2.29 bits per heavy atom. The molecule has 0 aliphatic carbocycles. The third-order valence-corrected chi connectivity index (χ3v) is 2.00. The van der Waals surface area contributed by atoms with E-state index in [9.17, 15) is 4.79 Å². The number of rotatable bonds is 1. The Morgan fingerprint density at radius 1 is 1.00 bits per heavy atom. The number of hydrogen-bond acceptors (Lipinski definition) is 1. The zero-order chi connectivity index (χ0) is 9.26. The Balaban J connectivity index is 0.000000980. The molecule has 0 unspecified atom stereocenters. The molecule has 0 saturated carbocycles. The number of fused-ring (bicyclic) bond motifs is 1. The maximum atomic E-state index is 10.6. The second-order valence-electron chi connectivity index (χ2n) is 2.87. The van der Waals surface area contributed by atoms with E-state index in [0.29, 0.717) is 5.56 Å². The van der Waals surface area contributed by atoms with Crippen LogP contribution in [0.1, 0.15) is 10.4 Å². The van der Waals surface area contributed by atoms with Crippen LogP contribution in [0.3, 0.4) is 0 Å². The zero-order valence-corrected chi connectivity index (χ0v) is 9.85. The molecule has 2 rings (SSSR count). The monoisotopic (exact) mass is 262 g/mol. The van der Waals surface area contributed by atoms with Crippen molar-refractivity contribution in [2.45, 2.75) is 0 Å². The van der Waals surface area contributed by atoms with E-state index in [4.69, 9.17) is 5.11 Å². The van der Waals surface area contributed by atoms with Gasteiger partial charge >= 0.3 is 5.97 Å². The van der Waals surface area contributed by atoms with Crippen molar-refractivity contribution in [1.82, 2.24) is 0 Å². The molecule has 0 heterocycles. The van der Waals surface area contributed by atoms with E-state index in [-0.39, 0.29) is 26.2 Å². The largest absolute Gasteiger partial charge is 0.478 e. The Labute approximate surface area is 101 Å². The van der Waals surface area contributed by atoms with Gasteiger partial charge in [0, 0.05) is 26.2 Å². The Kier molecular flexibility index (Phi) is 3.59. The second kappa shape index (κ2) is 4.52. The smallest absolute Gasteiger partial charge is 0.335 e. The molecule has 0 radical (unpaired) electrons. The average Bonchev–Trinajstić information content (AvgIpc) is 2.17. The van der Waals surface area contributed by atoms with Crippen LogP contribution in [-0.4, -0.2) is 11.1 Å². The summed E-state index contributed by atoms with van der Waals surface area (Å²) >= 11 is 0. The van der Waals surface area contributed by atoms with Crippen LogP contribution in [0, 0.1) is 0 Å². The molecule has 1 N–H and O–H groups in total. The zero-order valence-electron chi connectivity index (χ0n) is 7.40. The summed E-state index contributed by atoms with van der Waals surface area (Å²) in [6.45, 7) is 0. The van der Waals surface area contributed by atoms with Gasteiger partial charge in [-0.15, -0.1) is 0 Å². The third-order valence-electron chi connectivity index (χ3n) is 2.00. The normalized spacial score (nSPS) is 9.43. The molecule has 3 heteroatoms. The van der Waals surface area contributed by atoms with Crippen LogP contribution in [0.15, 0.2) is 42.5 Å². The molecule has 0 spiro atoms. The molecule has 0 atom stereocenters. The fraction of sp³-hybridized carbons (Fsp3) is 0. The van der Waals surface area contributed by atoms with Crippen LogP contribution >= 0.6 is 0 Å². The van der Waals surface area contributed by atoms with Crippen molar-refractivity contribution in [2.24, 2.45) is 0 Å². The molecule has 68 valence electrons. The van der Waals surface area contributed by atoms with Crippen molar-refractivity contribution < 1.29 is 36.1 Å². The van der Waals surface area contributed by atoms with Gasteiger partial charge in [-0.1, -0.05) is 30.3 Å². The fourth-order valence-corrected chi connectivity index (χ4v) is 1.32. The molecular formula is C11H8O2Zr. The van der Waals surface area contributed by atoms with Crippen molar-refractivity contribution in [2.75, 3.05) is 0 Å². The SMILES string of the molecule is O=C(O)c1ccc2ccccc2c1.[Zr]. The number of aromatic carboxylic acids is 1. The van der Waals surface area contributed by atoms with Gasteiger partial charge in [0.2, 0.25) is 0 Å². The molecule has 0 aliphatic rings. The first-order valence-corrected chi connectivity index (χ1v) is 3.99. The Hall–Kier alpha value is -0.947. The summed E-state index contributed by atoms with van der Waals surface area (Å²) in [4.78, 5) is 10.6. The first-order valence-electron chi connectivity index (χ1n) is 3.99. The van der Waals surface area contributed by atoms with Crippen molar-refractivity contribution in [3.05, 3.63) is 48.0 Å². The molecule has 0 aliphatic heterocycles. The molecule has 0 bridgehead atoms. The van der Waals surface area contributed by atoms with E-state index in [2.05, 4.69) is 0 Å². The molecule has 0 fully saturated rings. The minimum Gasteiger partial charge on any atom is -0.478 e. The van der Waals surface area contributed by atoms with Crippen LogP contribution < -0.4 is 0 Å². The van der Waals surface area contributed by atoms with Crippen LogP contribution in [0.2, 0.25) is 0 Å². The van der Waals surface area contributed by atoms with E-state index in [0.717, 1.165) is 10.8 Å². The number of carbonyl (C=O) groups is 1. The van der Waals surface area contributed by atoms with Crippen molar-refractivity contribution in [3.8, 4) is 0 Å². The van der Waals surface area contributed by atoms with Gasteiger partial charge in [-0.05, 0) is 22.9 Å². The van der Waals surface area contributed by atoms with Gasteiger partial charge in [-0.2, -0.15) is 0 Å². The first kappa shape index (κ1) is 11.1. The average molecular weight is 263 g/mol. The van der Waals surface area contributed by atoms with Crippen molar-refractivity contribution >= 4 is 16.7 Å². The van der Waals surface area contributed by atoms with Gasteiger partial charge in [-0.25, -0.2) is 4.79 Å². The third kappa shape index (κ3) is 2.10. The minimum atomic E-state index is -0.884. The summed E-state index contributed by atoms with van der Waals surface area (Å²) < 4.78 is 0. The van der Waals surface area contributed by atoms with Gasteiger partial charge in [0.15, 0.2) is 0 Å². The van der Waals surface area contributed by atoms with Gasteiger partial charge in [0.1, 0.15) is 0 Å². The molecule has 14 heavy (non-hydrogen) atoms. The maximum absolute atomic E-state index is 10.6. The van der Waals surface area contributed by atoms with Crippen LogP contribution in [0.4, 0.5) is 0 Å². The first-order chi connectivity index (χ1) is 6.27. The minimum absolute atomic E-state index is 0. The quantitative estimate of drug-likeness (QED) is 0.858. The predicted molar refractivity (Wildman–Crippen MR) is 50.9 cm³/mol. The maximum Gasteiger partial charge on any atom is 0.335 e. The summed E-state index contributed by atoms with van der Waals surface area (Å²) in [5.74, 6) is -0.884. The van der Waals surface area contributed by atoms with E-state index < -0.39 is 5.97 Å². The molecule has 0 saturated heterocycles. The van der Waals surface area contributed by atoms with Crippen molar-refractivity contribution in [1.29, 1.82) is 0 Å². The molecule has 0 aromatic heterocycles. The van der Waals surface area contributed by atoms with E-state index >= 15 is 0 Å². The molecule has 2 nitrogen and oxygen atoms in total. The molecule has 0 amide bonds. The Bertz CT molecular complexity index is 466. The number of hydrogen-bond donors (Lipinski definition) is 1. The van der Waals surface area contributed by atoms with Gasteiger partial charge in [0.05, 0.1) is 5.56 Å². The summed E-state index contributed by atoms with van der Waals surface area (Å²) in [7, 11) is 0. The van der Waals surface area contributed by atoms with E-state index in [1.165, 1.54) is 0 Å². The summed E-state index contributed by atoms with van der Waals surface area (Å²) in [6, 6.07) is 12.8. The van der Waals surface area contributed by atoms with E-state index in [1.54, 1.807) is 12.1 Å². The van der Waals surface area contributed by atoms with Gasteiger partial charge in [0.25, 0.3) is 0 Å². The van der Waals surface area contributed by atoms with Crippen molar-refractivity contribution in [3.63, 3.8) is 0 Å². The molecule has 2 aromatic carbocycles. The Morgan fingerprint density at radius 2 is 1.64 bits per heavy atom. The summed E-state index contributed by atoms with van der Waals surface area (Å²) in [6.07, 6.45) is 0. The summed E-state index contributed by atoms with van der Waals surface area (Å²) in [5.41, 5.74) is 0.332. The summed E-state index contributed by atoms with van der Waals surface area (Å²) in [5, 5.41) is 10.8. The molecule has 2 aromatic rings. The van der Waals surface area contributed by atoms with Crippen LogP contribution in [0.5, 0.6) is 0 Å². The van der Waals surface area contributed by atoms with Crippen LogP contribution in [-0.2, 0) is 26.2 Å². The molecular weight excluding hydrogens is 255 g/mol. The number of benzene rings is 2. The fourth-order valence-electron chi connectivity index (χ4n) is 1.32. The van der Waals surface area contributed by atoms with Gasteiger partial charge in [-0.3, -0.25) is 0 Å².